The van der Waals surface area contributed by atoms with Gasteiger partial charge in [-0.15, -0.1) is 37.2 Å². The molecule has 1 aliphatic rings. The second-order valence-electron chi connectivity index (χ2n) is 6.08. The fraction of sp³-hybridized carbons (Fsp3) is 0.923. The van der Waals surface area contributed by atoms with Gasteiger partial charge < -0.3 is 30.7 Å². The van der Waals surface area contributed by atoms with E-state index < -0.39 is 18.6 Å². The standard InChI is InChI=1S/C13H28BN3O4.3ClH/c1-16-8-10-17(11-9-16)7-5-13(15,12(18)19)4-2-3-6-14(20)21;;;/h20-21H,2-11,15H2,1H3,(H,18,19);3*1H. The maximum absolute atomic E-state index is 11.4. The summed E-state index contributed by atoms with van der Waals surface area (Å²) >= 11 is 0. The van der Waals surface area contributed by atoms with E-state index in [4.69, 9.17) is 15.8 Å². The second kappa shape index (κ2) is 14.4. The van der Waals surface area contributed by atoms with Crippen LogP contribution >= 0.6 is 37.2 Å². The van der Waals surface area contributed by atoms with Gasteiger partial charge in [-0.2, -0.15) is 0 Å². The average Bonchev–Trinajstić information content (AvgIpc) is 2.42. The van der Waals surface area contributed by atoms with Crippen LogP contribution in [-0.4, -0.2) is 83.4 Å². The molecule has 0 aromatic heterocycles. The van der Waals surface area contributed by atoms with Crippen LogP contribution in [0, 0.1) is 0 Å². The average molecular weight is 411 g/mol. The Morgan fingerprint density at radius 2 is 1.62 bits per heavy atom. The lowest BCUT2D eigenvalue weighted by Crippen LogP contribution is -2.52. The fourth-order valence-electron chi connectivity index (χ4n) is 2.54. The number of hydrogen-bond donors (Lipinski definition) is 4. The lowest BCUT2D eigenvalue weighted by Gasteiger charge is -2.34. The highest BCUT2D eigenvalue weighted by Crippen LogP contribution is 2.18. The van der Waals surface area contributed by atoms with E-state index in [1.165, 1.54) is 0 Å². The predicted octanol–water partition coefficient (Wildman–Crippen LogP) is 0.315. The number of halogens is 3. The van der Waals surface area contributed by atoms with E-state index in [0.29, 0.717) is 32.2 Å². The normalized spacial score (nSPS) is 17.7. The molecule has 1 saturated heterocycles. The molecule has 1 fully saturated rings. The number of carboxylic acid groups (broad SMARTS) is 1. The Kier molecular flexibility index (Phi) is 17.4. The van der Waals surface area contributed by atoms with Crippen LogP contribution in [0.15, 0.2) is 0 Å². The fourth-order valence-corrected chi connectivity index (χ4v) is 2.54. The van der Waals surface area contributed by atoms with Crippen LogP contribution in [0.4, 0.5) is 0 Å². The van der Waals surface area contributed by atoms with Crippen LogP contribution in [0.5, 0.6) is 0 Å². The molecule has 1 unspecified atom stereocenters. The second-order valence-corrected chi connectivity index (χ2v) is 6.08. The minimum absolute atomic E-state index is 0. The SMILES string of the molecule is CN1CCN(CCC(N)(CCCCB(O)O)C(=O)O)CC1.Cl.Cl.Cl. The molecule has 0 aromatic rings. The predicted molar refractivity (Wildman–Crippen MR) is 104 cm³/mol. The van der Waals surface area contributed by atoms with Gasteiger partial charge in [-0.1, -0.05) is 12.8 Å². The van der Waals surface area contributed by atoms with Crippen LogP contribution in [0.3, 0.4) is 0 Å². The van der Waals surface area contributed by atoms with Gasteiger partial charge in [0.25, 0.3) is 0 Å². The van der Waals surface area contributed by atoms with E-state index in [-0.39, 0.29) is 43.5 Å². The van der Waals surface area contributed by atoms with Gasteiger partial charge in [0.2, 0.25) is 0 Å². The minimum Gasteiger partial charge on any atom is -0.480 e. The van der Waals surface area contributed by atoms with E-state index in [1.54, 1.807) is 0 Å². The number of unbranched alkanes of at least 4 members (excludes halogenated alkanes) is 1. The first-order valence-corrected chi connectivity index (χ1v) is 7.63. The molecule has 1 rings (SSSR count). The summed E-state index contributed by atoms with van der Waals surface area (Å²) in [4.78, 5) is 15.9. The van der Waals surface area contributed by atoms with E-state index in [2.05, 4.69) is 16.8 Å². The van der Waals surface area contributed by atoms with Gasteiger partial charge in [0.1, 0.15) is 5.54 Å². The highest BCUT2D eigenvalue weighted by atomic mass is 35.5. The summed E-state index contributed by atoms with van der Waals surface area (Å²) < 4.78 is 0. The summed E-state index contributed by atoms with van der Waals surface area (Å²) in [6, 6.07) is 0. The third kappa shape index (κ3) is 10.9. The van der Waals surface area contributed by atoms with Crippen LogP contribution in [0.25, 0.3) is 0 Å². The monoisotopic (exact) mass is 409 g/mol. The first-order valence-electron chi connectivity index (χ1n) is 7.63. The topological polar surface area (TPSA) is 110 Å². The van der Waals surface area contributed by atoms with Crippen LogP contribution in [0.2, 0.25) is 6.32 Å². The van der Waals surface area contributed by atoms with Gasteiger partial charge in [-0.25, -0.2) is 0 Å². The van der Waals surface area contributed by atoms with Crippen molar-refractivity contribution >= 4 is 50.3 Å². The largest absolute Gasteiger partial charge is 0.480 e. The van der Waals surface area contributed by atoms with Crippen LogP contribution < -0.4 is 5.73 Å². The Labute approximate surface area is 163 Å². The van der Waals surface area contributed by atoms with Crippen molar-refractivity contribution < 1.29 is 19.9 Å². The number of likely N-dealkylation sites (N-methyl/N-ethyl adjacent to an activating group) is 1. The number of nitrogens with two attached hydrogens (primary N) is 1. The van der Waals surface area contributed by atoms with Crippen molar-refractivity contribution in [2.24, 2.45) is 5.73 Å². The zero-order valence-electron chi connectivity index (χ0n) is 14.1. The smallest absolute Gasteiger partial charge is 0.451 e. The Morgan fingerprint density at radius 3 is 2.08 bits per heavy atom. The summed E-state index contributed by atoms with van der Waals surface area (Å²) in [6.07, 6.45) is 2.20. The van der Waals surface area contributed by atoms with Crippen molar-refractivity contribution in [1.29, 1.82) is 0 Å². The molecule has 7 nitrogen and oxygen atoms in total. The summed E-state index contributed by atoms with van der Waals surface area (Å²) in [7, 11) is 0.754. The number of piperazine rings is 1. The number of hydrogen-bond acceptors (Lipinski definition) is 6. The van der Waals surface area contributed by atoms with E-state index >= 15 is 0 Å². The number of rotatable bonds is 9. The van der Waals surface area contributed by atoms with Crippen molar-refractivity contribution in [3.05, 3.63) is 0 Å². The highest BCUT2D eigenvalue weighted by Gasteiger charge is 2.33. The first-order chi connectivity index (χ1) is 9.83. The van der Waals surface area contributed by atoms with Crippen molar-refractivity contribution in [2.75, 3.05) is 39.8 Å². The summed E-state index contributed by atoms with van der Waals surface area (Å²) in [5, 5.41) is 26.9. The Balaban J connectivity index is -0.00000147. The summed E-state index contributed by atoms with van der Waals surface area (Å²) in [5.74, 6) is -0.971. The van der Waals surface area contributed by atoms with Crippen molar-refractivity contribution in [1.82, 2.24) is 9.80 Å². The van der Waals surface area contributed by atoms with E-state index in [0.717, 1.165) is 26.2 Å². The summed E-state index contributed by atoms with van der Waals surface area (Å²) in [5.41, 5.74) is 4.82. The van der Waals surface area contributed by atoms with Crippen LogP contribution in [0.1, 0.15) is 25.7 Å². The molecule has 0 spiro atoms. The number of carbonyl (C=O) groups is 1. The third-order valence-electron chi connectivity index (χ3n) is 4.23. The van der Waals surface area contributed by atoms with Crippen molar-refractivity contribution in [3.63, 3.8) is 0 Å². The third-order valence-corrected chi connectivity index (χ3v) is 4.23. The molecule has 0 aliphatic carbocycles. The number of nitrogens with zero attached hydrogens (tertiary/aromatic N) is 2. The number of carboxylic acids is 1. The first kappa shape index (κ1) is 29.0. The number of aliphatic carboxylic acids is 1. The zero-order valence-corrected chi connectivity index (χ0v) is 16.5. The highest BCUT2D eigenvalue weighted by molar-refractivity contribution is 6.40. The van der Waals surface area contributed by atoms with Crippen LogP contribution in [-0.2, 0) is 4.79 Å². The maximum atomic E-state index is 11.4. The zero-order chi connectivity index (χ0) is 15.9. The lowest BCUT2D eigenvalue weighted by atomic mass is 9.81. The molecule has 0 bridgehead atoms. The van der Waals surface area contributed by atoms with Gasteiger partial charge in [-0.05, 0) is 26.2 Å². The molecule has 146 valence electrons. The Hall–Kier alpha value is 0.205. The molecule has 24 heavy (non-hydrogen) atoms. The van der Waals surface area contributed by atoms with E-state index in [1.807, 2.05) is 0 Å². The van der Waals surface area contributed by atoms with Gasteiger partial charge in [-0.3, -0.25) is 4.79 Å². The molecular formula is C13H31BCl3N3O4. The Morgan fingerprint density at radius 1 is 1.08 bits per heavy atom. The molecule has 0 saturated carbocycles. The molecule has 0 radical (unpaired) electrons. The molecule has 0 aromatic carbocycles. The molecule has 1 atom stereocenters. The molecule has 0 amide bonds. The molecule has 5 N–H and O–H groups in total. The van der Waals surface area contributed by atoms with Gasteiger partial charge >= 0.3 is 13.1 Å². The maximum Gasteiger partial charge on any atom is 0.451 e. The van der Waals surface area contributed by atoms with Gasteiger partial charge in [0.05, 0.1) is 0 Å². The quantitative estimate of drug-likeness (QED) is 0.320. The molecular weight excluding hydrogens is 379 g/mol. The molecule has 11 heteroatoms. The van der Waals surface area contributed by atoms with E-state index in [9.17, 15) is 9.90 Å². The Bertz CT molecular complexity index is 338. The van der Waals surface area contributed by atoms with Gasteiger partial charge in [0.15, 0.2) is 0 Å². The molecule has 1 aliphatic heterocycles. The summed E-state index contributed by atoms with van der Waals surface area (Å²) in [6.45, 7) is 4.59. The van der Waals surface area contributed by atoms with Crippen molar-refractivity contribution in [2.45, 2.75) is 37.5 Å². The van der Waals surface area contributed by atoms with Gasteiger partial charge in [0, 0.05) is 32.7 Å². The van der Waals surface area contributed by atoms with Crippen molar-refractivity contribution in [3.8, 4) is 0 Å². The molecule has 1 heterocycles. The lowest BCUT2D eigenvalue weighted by molar-refractivity contribution is -0.144. The minimum atomic E-state index is -1.33.